The second-order valence-electron chi connectivity index (χ2n) is 8.12. The first-order valence-electron chi connectivity index (χ1n) is 11.1. The maximum atomic E-state index is 11.0. The number of hydrogen-bond acceptors (Lipinski definition) is 2. The van der Waals surface area contributed by atoms with Gasteiger partial charge in [0, 0.05) is 17.0 Å². The van der Waals surface area contributed by atoms with Gasteiger partial charge in [-0.25, -0.2) is 0 Å². The van der Waals surface area contributed by atoms with E-state index in [0.717, 1.165) is 45.2 Å². The van der Waals surface area contributed by atoms with Crippen LogP contribution < -0.4 is 0 Å². The first kappa shape index (κ1) is 22.1. The minimum absolute atomic E-state index is 0.475. The third-order valence-electron chi connectivity index (χ3n) is 5.81. The molecule has 0 aliphatic carbocycles. The summed E-state index contributed by atoms with van der Waals surface area (Å²) in [6, 6.07) is 16.5. The third kappa shape index (κ3) is 5.72. The Balaban J connectivity index is 1.81. The van der Waals surface area contributed by atoms with E-state index < -0.39 is 6.10 Å². The van der Waals surface area contributed by atoms with Crippen LogP contribution in [0.15, 0.2) is 48.5 Å². The molecule has 0 saturated heterocycles. The number of unbranched alkanes of at least 4 members (excludes halogenated alkanes) is 4. The fourth-order valence-electron chi connectivity index (χ4n) is 4.10. The smallest absolute Gasteiger partial charge is 0.0917 e. The Kier molecular flexibility index (Phi) is 8.35. The van der Waals surface area contributed by atoms with Crippen molar-refractivity contribution in [3.63, 3.8) is 0 Å². The Labute approximate surface area is 180 Å². The summed E-state index contributed by atoms with van der Waals surface area (Å²) in [5.41, 5.74) is 0.987. The highest BCUT2D eigenvalue weighted by molar-refractivity contribution is 6.37. The van der Waals surface area contributed by atoms with Crippen LogP contribution in [0.5, 0.6) is 0 Å². The summed E-state index contributed by atoms with van der Waals surface area (Å²) < 4.78 is 0. The largest absolute Gasteiger partial charge is 0.387 e. The minimum atomic E-state index is -0.475. The molecule has 1 N–H and O–H groups in total. The van der Waals surface area contributed by atoms with Crippen LogP contribution in [0.3, 0.4) is 0 Å². The molecule has 0 radical (unpaired) electrons. The van der Waals surface area contributed by atoms with Crippen molar-refractivity contribution in [3.05, 3.63) is 59.1 Å². The van der Waals surface area contributed by atoms with E-state index in [0.29, 0.717) is 6.54 Å². The van der Waals surface area contributed by atoms with Crippen molar-refractivity contribution in [2.24, 2.45) is 0 Å². The molecule has 0 bridgehead atoms. The maximum absolute atomic E-state index is 11.0. The van der Waals surface area contributed by atoms with Gasteiger partial charge >= 0.3 is 0 Å². The number of nitrogens with zero attached hydrogens (tertiary/aromatic N) is 1. The number of aliphatic hydroxyl groups excluding tert-OH is 1. The summed E-state index contributed by atoms with van der Waals surface area (Å²) in [7, 11) is 0. The lowest BCUT2D eigenvalue weighted by Crippen LogP contribution is -2.30. The van der Waals surface area contributed by atoms with Crippen LogP contribution in [0.2, 0.25) is 5.02 Å². The molecule has 156 valence electrons. The van der Waals surface area contributed by atoms with Gasteiger partial charge in [-0.2, -0.15) is 0 Å². The average Bonchev–Trinajstić information content (AvgIpc) is 2.74. The number of benzene rings is 3. The standard InChI is InChI=1S/C26H34ClNO/c1-3-5-9-15-28(16-10-6-4-2)19-26(29)21-14-13-20-18-25(27)23-12-8-7-11-22(23)24(20)17-21/h7-8,11-14,17-18,26,29H,3-6,9-10,15-16,19H2,1-2H3. The van der Waals surface area contributed by atoms with Gasteiger partial charge in [0.25, 0.3) is 0 Å². The number of halogens is 1. The second kappa shape index (κ2) is 11.0. The summed E-state index contributed by atoms with van der Waals surface area (Å²) in [6.45, 7) is 7.32. The first-order chi connectivity index (χ1) is 14.1. The van der Waals surface area contributed by atoms with E-state index >= 15 is 0 Å². The Morgan fingerprint density at radius 3 is 2.14 bits per heavy atom. The van der Waals surface area contributed by atoms with Crippen molar-refractivity contribution < 1.29 is 5.11 Å². The highest BCUT2D eigenvalue weighted by Gasteiger charge is 2.15. The van der Waals surface area contributed by atoms with E-state index in [9.17, 15) is 5.11 Å². The number of aliphatic hydroxyl groups is 1. The maximum Gasteiger partial charge on any atom is 0.0917 e. The lowest BCUT2D eigenvalue weighted by atomic mass is 9.98. The Morgan fingerprint density at radius 2 is 1.48 bits per heavy atom. The van der Waals surface area contributed by atoms with Gasteiger partial charge < -0.3 is 10.0 Å². The molecule has 0 aliphatic rings. The van der Waals surface area contributed by atoms with Gasteiger partial charge in [-0.05, 0) is 59.8 Å². The average molecular weight is 412 g/mol. The molecule has 2 nitrogen and oxygen atoms in total. The van der Waals surface area contributed by atoms with Crippen LogP contribution in [0.4, 0.5) is 0 Å². The van der Waals surface area contributed by atoms with E-state index in [-0.39, 0.29) is 0 Å². The summed E-state index contributed by atoms with van der Waals surface area (Å²) in [5, 5.41) is 16.3. The molecule has 0 heterocycles. The van der Waals surface area contributed by atoms with E-state index in [4.69, 9.17) is 11.6 Å². The second-order valence-corrected chi connectivity index (χ2v) is 8.52. The lowest BCUT2D eigenvalue weighted by molar-refractivity contribution is 0.110. The van der Waals surface area contributed by atoms with Gasteiger partial charge in [0.05, 0.1) is 6.10 Å². The van der Waals surface area contributed by atoms with Crippen LogP contribution >= 0.6 is 11.6 Å². The van der Waals surface area contributed by atoms with Gasteiger partial charge in [0.2, 0.25) is 0 Å². The van der Waals surface area contributed by atoms with Gasteiger partial charge in [0.15, 0.2) is 0 Å². The molecular weight excluding hydrogens is 378 g/mol. The van der Waals surface area contributed by atoms with Crippen molar-refractivity contribution in [1.82, 2.24) is 4.90 Å². The SMILES string of the molecule is CCCCCN(CCCCC)CC(O)c1ccc2cc(Cl)c3ccccc3c2c1. The molecule has 1 unspecified atom stereocenters. The van der Waals surface area contributed by atoms with Crippen LogP contribution in [0.1, 0.15) is 64.0 Å². The molecule has 3 heteroatoms. The van der Waals surface area contributed by atoms with Gasteiger partial charge in [-0.3, -0.25) is 0 Å². The van der Waals surface area contributed by atoms with Crippen LogP contribution in [-0.4, -0.2) is 29.6 Å². The van der Waals surface area contributed by atoms with E-state index in [2.05, 4.69) is 43.0 Å². The number of fused-ring (bicyclic) bond motifs is 3. The predicted octanol–water partition coefficient (Wildman–Crippen LogP) is 7.36. The van der Waals surface area contributed by atoms with Crippen molar-refractivity contribution in [2.75, 3.05) is 19.6 Å². The highest BCUT2D eigenvalue weighted by atomic mass is 35.5. The zero-order valence-corrected chi connectivity index (χ0v) is 18.6. The molecule has 0 spiro atoms. The Morgan fingerprint density at radius 1 is 0.828 bits per heavy atom. The van der Waals surface area contributed by atoms with E-state index in [1.807, 2.05) is 24.3 Å². The molecule has 3 rings (SSSR count). The fraction of sp³-hybridized carbons (Fsp3) is 0.462. The van der Waals surface area contributed by atoms with Crippen LogP contribution in [-0.2, 0) is 0 Å². The monoisotopic (exact) mass is 411 g/mol. The molecular formula is C26H34ClNO. The molecule has 0 fully saturated rings. The molecule has 1 atom stereocenters. The van der Waals surface area contributed by atoms with Crippen molar-refractivity contribution in [1.29, 1.82) is 0 Å². The normalized spacial score (nSPS) is 12.9. The van der Waals surface area contributed by atoms with Crippen molar-refractivity contribution >= 4 is 33.1 Å². The van der Waals surface area contributed by atoms with Gasteiger partial charge in [-0.1, -0.05) is 87.5 Å². The first-order valence-corrected chi connectivity index (χ1v) is 11.5. The van der Waals surface area contributed by atoms with Gasteiger partial charge in [0.1, 0.15) is 0 Å². The predicted molar refractivity (Wildman–Crippen MR) is 127 cm³/mol. The molecule has 0 saturated carbocycles. The minimum Gasteiger partial charge on any atom is -0.387 e. The summed E-state index contributed by atoms with van der Waals surface area (Å²) in [4.78, 5) is 2.44. The molecule has 0 aromatic heterocycles. The van der Waals surface area contributed by atoms with Crippen molar-refractivity contribution in [2.45, 2.75) is 58.5 Å². The lowest BCUT2D eigenvalue weighted by Gasteiger charge is -2.25. The quantitative estimate of drug-likeness (QED) is 0.263. The van der Waals surface area contributed by atoms with Crippen LogP contribution in [0, 0.1) is 0 Å². The third-order valence-corrected chi connectivity index (χ3v) is 6.12. The summed E-state index contributed by atoms with van der Waals surface area (Å²) >= 11 is 6.47. The zero-order valence-electron chi connectivity index (χ0n) is 17.8. The molecule has 29 heavy (non-hydrogen) atoms. The summed E-state index contributed by atoms with van der Waals surface area (Å²) in [6.07, 6.45) is 6.90. The fourth-order valence-corrected chi connectivity index (χ4v) is 4.38. The molecule has 3 aromatic rings. The Hall–Kier alpha value is -1.61. The molecule has 3 aromatic carbocycles. The number of hydrogen-bond donors (Lipinski definition) is 1. The van der Waals surface area contributed by atoms with Crippen molar-refractivity contribution in [3.8, 4) is 0 Å². The number of rotatable bonds is 11. The zero-order chi connectivity index (χ0) is 20.6. The molecule has 0 aliphatic heterocycles. The summed E-state index contributed by atoms with van der Waals surface area (Å²) in [5.74, 6) is 0. The van der Waals surface area contributed by atoms with Crippen LogP contribution in [0.25, 0.3) is 21.5 Å². The van der Waals surface area contributed by atoms with Gasteiger partial charge in [-0.15, -0.1) is 0 Å². The van der Waals surface area contributed by atoms with E-state index in [1.165, 1.54) is 38.5 Å². The highest BCUT2D eigenvalue weighted by Crippen LogP contribution is 2.33. The molecule has 0 amide bonds. The topological polar surface area (TPSA) is 23.5 Å². The van der Waals surface area contributed by atoms with E-state index in [1.54, 1.807) is 0 Å². The Bertz CT molecular complexity index is 913.